The molecule has 0 aliphatic carbocycles. The molecule has 1 saturated heterocycles. The first-order valence-electron chi connectivity index (χ1n) is 10.7. The Labute approximate surface area is 191 Å². The van der Waals surface area contributed by atoms with Gasteiger partial charge < -0.3 is 9.84 Å². The molecule has 3 aromatic rings. The zero-order valence-corrected chi connectivity index (χ0v) is 19.7. The van der Waals surface area contributed by atoms with E-state index in [0.717, 1.165) is 29.0 Å². The summed E-state index contributed by atoms with van der Waals surface area (Å²) in [6, 6.07) is 9.29. The van der Waals surface area contributed by atoms with Crippen LogP contribution in [0.4, 0.5) is 5.69 Å². The molecule has 0 bridgehead atoms. The van der Waals surface area contributed by atoms with Crippen molar-refractivity contribution in [3.05, 3.63) is 47.2 Å². The third-order valence-corrected chi connectivity index (χ3v) is 8.84. The summed E-state index contributed by atoms with van der Waals surface area (Å²) in [5, 5.41) is 8.57. The van der Waals surface area contributed by atoms with Gasteiger partial charge in [0.1, 0.15) is 4.21 Å². The van der Waals surface area contributed by atoms with Crippen LogP contribution < -0.4 is 5.32 Å². The molecule has 3 heterocycles. The number of thiophene rings is 1. The first kappa shape index (κ1) is 22.6. The number of aromatic nitrogens is 2. The molecule has 2 aromatic heterocycles. The number of piperidine rings is 1. The van der Waals surface area contributed by atoms with Crippen molar-refractivity contribution < 1.29 is 17.7 Å². The molecule has 32 heavy (non-hydrogen) atoms. The van der Waals surface area contributed by atoms with Crippen LogP contribution in [0.25, 0.3) is 11.4 Å². The average molecular weight is 475 g/mol. The summed E-state index contributed by atoms with van der Waals surface area (Å²) in [5.41, 5.74) is 2.49. The van der Waals surface area contributed by atoms with Gasteiger partial charge in [-0.05, 0) is 43.0 Å². The molecule has 0 saturated carbocycles. The van der Waals surface area contributed by atoms with E-state index < -0.39 is 15.9 Å². The van der Waals surface area contributed by atoms with E-state index in [1.54, 1.807) is 11.4 Å². The number of carbonyl (C=O) groups is 1. The summed E-state index contributed by atoms with van der Waals surface area (Å²) in [6.45, 7) is 4.52. The Morgan fingerprint density at radius 2 is 2.12 bits per heavy atom. The topological polar surface area (TPSA) is 105 Å². The first-order chi connectivity index (χ1) is 15.4. The molecule has 0 unspecified atom stereocenters. The van der Waals surface area contributed by atoms with Gasteiger partial charge >= 0.3 is 0 Å². The fraction of sp³-hybridized carbons (Fsp3) is 0.409. The lowest BCUT2D eigenvalue weighted by molar-refractivity contribution is -0.120. The fourth-order valence-electron chi connectivity index (χ4n) is 3.70. The number of sulfonamides is 1. The quantitative estimate of drug-likeness (QED) is 0.556. The smallest absolute Gasteiger partial charge is 0.252 e. The molecule has 1 fully saturated rings. The van der Waals surface area contributed by atoms with E-state index in [2.05, 4.69) is 22.4 Å². The van der Waals surface area contributed by atoms with E-state index in [0.29, 0.717) is 43.1 Å². The van der Waals surface area contributed by atoms with E-state index >= 15 is 0 Å². The Balaban J connectivity index is 1.46. The summed E-state index contributed by atoms with van der Waals surface area (Å²) in [7, 11) is -3.71. The van der Waals surface area contributed by atoms with Crippen molar-refractivity contribution in [3.8, 4) is 11.4 Å². The number of anilines is 1. The molecule has 8 nitrogen and oxygen atoms in total. The van der Waals surface area contributed by atoms with Gasteiger partial charge in [0.15, 0.2) is 0 Å². The molecule has 4 rings (SSSR count). The van der Waals surface area contributed by atoms with Gasteiger partial charge in [-0.1, -0.05) is 31.1 Å². The summed E-state index contributed by atoms with van der Waals surface area (Å²) < 4.78 is 33.2. The number of amides is 1. The van der Waals surface area contributed by atoms with E-state index in [1.807, 2.05) is 31.2 Å². The molecular weight excluding hydrogens is 448 g/mol. The summed E-state index contributed by atoms with van der Waals surface area (Å²) >= 11 is 1.13. The Morgan fingerprint density at radius 1 is 1.28 bits per heavy atom. The number of carbonyl (C=O) groups excluding carboxylic acids is 1. The first-order valence-corrected chi connectivity index (χ1v) is 13.0. The summed E-state index contributed by atoms with van der Waals surface area (Å²) in [5.74, 6) is 0.339. The molecule has 1 atom stereocenters. The predicted octanol–water partition coefficient (Wildman–Crippen LogP) is 3.96. The second-order valence-corrected chi connectivity index (χ2v) is 10.8. The minimum atomic E-state index is -3.71. The highest BCUT2D eigenvalue weighted by Crippen LogP contribution is 2.31. The van der Waals surface area contributed by atoms with Crippen molar-refractivity contribution in [1.29, 1.82) is 0 Å². The normalized spacial score (nSPS) is 17.4. The molecule has 170 valence electrons. The van der Waals surface area contributed by atoms with Crippen molar-refractivity contribution in [1.82, 2.24) is 14.4 Å². The van der Waals surface area contributed by atoms with Gasteiger partial charge in [0.25, 0.3) is 10.0 Å². The Hall–Kier alpha value is -2.56. The van der Waals surface area contributed by atoms with Crippen LogP contribution in [0, 0.1) is 5.92 Å². The minimum Gasteiger partial charge on any atom is -0.339 e. The highest BCUT2D eigenvalue weighted by atomic mass is 32.2. The van der Waals surface area contributed by atoms with E-state index in [4.69, 9.17) is 4.52 Å². The van der Waals surface area contributed by atoms with Gasteiger partial charge in [-0.15, -0.1) is 11.3 Å². The lowest BCUT2D eigenvalue weighted by Gasteiger charge is -2.30. The zero-order valence-electron chi connectivity index (χ0n) is 18.1. The highest BCUT2D eigenvalue weighted by molar-refractivity contribution is 7.91. The largest absolute Gasteiger partial charge is 0.339 e. The SMILES string of the molecule is CCc1cccc(NC(=O)[C@@H]2CCCN(S(=O)(=O)c3cc(-c4noc(CC)n4)cs3)C2)c1. The number of aryl methyl sites for hydroxylation is 2. The van der Waals surface area contributed by atoms with Crippen LogP contribution in [-0.2, 0) is 27.7 Å². The molecule has 1 aromatic carbocycles. The predicted molar refractivity (Wildman–Crippen MR) is 123 cm³/mol. The molecule has 10 heteroatoms. The van der Waals surface area contributed by atoms with Crippen molar-refractivity contribution in [2.24, 2.45) is 5.92 Å². The van der Waals surface area contributed by atoms with Gasteiger partial charge in [0.05, 0.1) is 5.92 Å². The number of benzene rings is 1. The summed E-state index contributed by atoms with van der Waals surface area (Å²) in [6.07, 6.45) is 2.78. The number of nitrogens with zero attached hydrogens (tertiary/aromatic N) is 3. The number of nitrogens with one attached hydrogen (secondary N) is 1. The Morgan fingerprint density at radius 3 is 2.88 bits per heavy atom. The van der Waals surface area contributed by atoms with Crippen LogP contribution in [0.2, 0.25) is 0 Å². The van der Waals surface area contributed by atoms with Crippen molar-refractivity contribution in [2.75, 3.05) is 18.4 Å². The van der Waals surface area contributed by atoms with E-state index in [-0.39, 0.29) is 16.7 Å². The maximum absolute atomic E-state index is 13.2. The van der Waals surface area contributed by atoms with Gasteiger partial charge in [0, 0.05) is 36.1 Å². The molecule has 1 aliphatic rings. The maximum atomic E-state index is 13.2. The average Bonchev–Trinajstić information content (AvgIpc) is 3.49. The van der Waals surface area contributed by atoms with Crippen molar-refractivity contribution >= 4 is 33.0 Å². The van der Waals surface area contributed by atoms with Crippen LogP contribution in [0.1, 0.15) is 38.1 Å². The van der Waals surface area contributed by atoms with Crippen LogP contribution in [-0.4, -0.2) is 41.9 Å². The second kappa shape index (κ2) is 9.51. The van der Waals surface area contributed by atoms with Crippen molar-refractivity contribution in [2.45, 2.75) is 43.7 Å². The number of hydrogen-bond donors (Lipinski definition) is 1. The fourth-order valence-corrected chi connectivity index (χ4v) is 6.53. The molecule has 0 spiro atoms. The molecule has 0 radical (unpaired) electrons. The van der Waals surface area contributed by atoms with Crippen molar-refractivity contribution in [3.63, 3.8) is 0 Å². The third kappa shape index (κ3) is 4.77. The van der Waals surface area contributed by atoms with Gasteiger partial charge in [-0.25, -0.2) is 8.42 Å². The van der Waals surface area contributed by atoms with Crippen LogP contribution in [0.5, 0.6) is 0 Å². The maximum Gasteiger partial charge on any atom is 0.252 e. The monoisotopic (exact) mass is 474 g/mol. The van der Waals surface area contributed by atoms with Crippen LogP contribution in [0.15, 0.2) is 44.4 Å². The lowest BCUT2D eigenvalue weighted by atomic mass is 9.98. The van der Waals surface area contributed by atoms with Crippen LogP contribution in [0.3, 0.4) is 0 Å². The standard InChI is InChI=1S/C22H26N4O4S2/c1-3-15-7-5-9-18(11-15)23-22(27)16-8-6-10-26(13-16)32(28,29)20-12-17(14-31-20)21-24-19(4-2)30-25-21/h5,7,9,11-12,14,16H,3-4,6,8,10,13H2,1-2H3,(H,23,27)/t16-/m1/s1. The third-order valence-electron chi connectivity index (χ3n) is 5.56. The van der Waals surface area contributed by atoms with Crippen LogP contribution >= 0.6 is 11.3 Å². The second-order valence-electron chi connectivity index (χ2n) is 7.77. The van der Waals surface area contributed by atoms with Gasteiger partial charge in [-0.2, -0.15) is 9.29 Å². The van der Waals surface area contributed by atoms with E-state index in [1.165, 1.54) is 4.31 Å². The zero-order chi connectivity index (χ0) is 22.7. The minimum absolute atomic E-state index is 0.149. The Kier molecular flexibility index (Phi) is 6.73. The number of hydrogen-bond acceptors (Lipinski definition) is 7. The highest BCUT2D eigenvalue weighted by Gasteiger charge is 2.34. The molecular formula is C22H26N4O4S2. The van der Waals surface area contributed by atoms with E-state index in [9.17, 15) is 13.2 Å². The summed E-state index contributed by atoms with van der Waals surface area (Å²) in [4.78, 5) is 17.1. The Bertz CT molecular complexity index is 1200. The van der Waals surface area contributed by atoms with Gasteiger partial charge in [-0.3, -0.25) is 4.79 Å². The van der Waals surface area contributed by atoms with Gasteiger partial charge in [0.2, 0.25) is 17.6 Å². The molecule has 1 N–H and O–H groups in total. The molecule has 1 aliphatic heterocycles. The number of rotatable bonds is 7. The lowest BCUT2D eigenvalue weighted by Crippen LogP contribution is -2.43. The molecule has 1 amide bonds.